The summed E-state index contributed by atoms with van der Waals surface area (Å²) in [5, 5.41) is 0. The summed E-state index contributed by atoms with van der Waals surface area (Å²) in [7, 11) is 0. The first-order valence-corrected chi connectivity index (χ1v) is 4.81. The largest absolute Gasteiger partial charge is 0.448 e. The lowest BCUT2D eigenvalue weighted by Crippen LogP contribution is -2.43. The highest BCUT2D eigenvalue weighted by molar-refractivity contribution is 6.01. The molecule has 2 N–H and O–H groups in total. The fraction of sp³-hybridized carbons (Fsp3) is 0.778. The molecule has 0 aromatic heterocycles. The summed E-state index contributed by atoms with van der Waals surface area (Å²) in [5.74, 6) is 0.643. The zero-order valence-corrected chi connectivity index (χ0v) is 7.32. The lowest BCUT2D eigenvalue weighted by atomic mass is 9.91. The zero-order chi connectivity index (χ0) is 9.05. The van der Waals surface area contributed by atoms with Crippen molar-refractivity contribution in [3.05, 3.63) is 0 Å². The van der Waals surface area contributed by atoms with E-state index in [4.69, 9.17) is 10.5 Å². The van der Waals surface area contributed by atoms with E-state index >= 15 is 0 Å². The monoisotopic (exact) mass is 180 g/mol. The summed E-state index contributed by atoms with van der Waals surface area (Å²) < 4.78 is 5.49. The van der Waals surface area contributed by atoms with E-state index in [9.17, 15) is 4.79 Å². The molecule has 0 bridgehead atoms. The van der Waals surface area contributed by atoms with Crippen LogP contribution in [0.3, 0.4) is 0 Å². The molecule has 0 aromatic carbocycles. The minimum atomic E-state index is -0.621. The minimum absolute atomic E-state index is 0.0730. The van der Waals surface area contributed by atoms with Crippen LogP contribution in [0, 0.1) is 11.8 Å². The van der Waals surface area contributed by atoms with Crippen molar-refractivity contribution in [3.8, 4) is 0 Å². The highest BCUT2D eigenvalue weighted by atomic mass is 16.5. The normalized spacial score (nSPS) is 31.4. The van der Waals surface area contributed by atoms with Crippen LogP contribution in [0.2, 0.25) is 0 Å². The van der Waals surface area contributed by atoms with E-state index in [0.29, 0.717) is 11.8 Å². The Morgan fingerprint density at radius 2 is 1.85 bits per heavy atom. The van der Waals surface area contributed by atoms with Gasteiger partial charge in [-0.3, -0.25) is 4.79 Å². The van der Waals surface area contributed by atoms with Gasteiger partial charge in [0.1, 0.15) is 0 Å². The maximum Gasteiger partial charge on any atom is 0.295 e. The number of hydrogen-bond acceptors (Lipinski definition) is 3. The molecule has 3 rings (SSSR count). The summed E-state index contributed by atoms with van der Waals surface area (Å²) in [6.45, 7) is 0. The average Bonchev–Trinajstić information content (AvgIpc) is 2.95. The lowest BCUT2D eigenvalue weighted by molar-refractivity contribution is -0.134. The molecule has 0 saturated heterocycles. The molecule has 13 heavy (non-hydrogen) atoms. The van der Waals surface area contributed by atoms with Gasteiger partial charge in [-0.15, -0.1) is 0 Å². The first kappa shape index (κ1) is 7.35. The Hall–Kier alpha value is -1.06. The summed E-state index contributed by atoms with van der Waals surface area (Å²) in [6, 6.07) is 0.0730. The van der Waals surface area contributed by atoms with Crippen LogP contribution in [0.5, 0.6) is 0 Å². The summed E-state index contributed by atoms with van der Waals surface area (Å²) in [5.41, 5.74) is 4.82. The van der Waals surface area contributed by atoms with Crippen LogP contribution < -0.4 is 5.73 Å². The van der Waals surface area contributed by atoms with E-state index in [1.54, 1.807) is 0 Å². The van der Waals surface area contributed by atoms with E-state index < -0.39 is 5.60 Å². The van der Waals surface area contributed by atoms with Crippen LogP contribution >= 0.6 is 0 Å². The highest BCUT2D eigenvalue weighted by Crippen LogP contribution is 2.55. The number of carbonyl (C=O) groups is 1. The Bertz CT molecular complexity index is 291. The van der Waals surface area contributed by atoms with Crippen molar-refractivity contribution >= 4 is 11.9 Å². The van der Waals surface area contributed by atoms with Gasteiger partial charge in [0, 0.05) is 11.8 Å². The second-order valence-electron chi connectivity index (χ2n) is 4.20. The molecule has 2 saturated carbocycles. The Morgan fingerprint density at radius 1 is 1.31 bits per heavy atom. The van der Waals surface area contributed by atoms with E-state index in [2.05, 4.69) is 4.99 Å². The molecule has 0 unspecified atom stereocenters. The Balaban J connectivity index is 1.96. The molecule has 4 heteroatoms. The molecule has 0 spiro atoms. The predicted molar refractivity (Wildman–Crippen MR) is 45.9 cm³/mol. The number of amides is 1. The van der Waals surface area contributed by atoms with E-state index in [-0.39, 0.29) is 11.9 Å². The molecule has 1 aliphatic heterocycles. The standard InChI is InChI=1S/C9H12N2O2/c10-8-11-7(12)9(13-8,5-1-2-5)6-3-4-6/h5-6H,1-4H2,(H2,10,11,12). The van der Waals surface area contributed by atoms with Gasteiger partial charge in [0.25, 0.3) is 11.9 Å². The van der Waals surface area contributed by atoms with Crippen molar-refractivity contribution < 1.29 is 9.53 Å². The van der Waals surface area contributed by atoms with E-state index in [1.165, 1.54) is 0 Å². The fourth-order valence-electron chi connectivity index (χ4n) is 2.30. The van der Waals surface area contributed by atoms with Crippen molar-refractivity contribution in [1.82, 2.24) is 0 Å². The Morgan fingerprint density at radius 3 is 2.15 bits per heavy atom. The lowest BCUT2D eigenvalue weighted by Gasteiger charge is -2.25. The number of rotatable bonds is 2. The fourth-order valence-corrected chi connectivity index (χ4v) is 2.30. The second-order valence-corrected chi connectivity index (χ2v) is 4.20. The van der Waals surface area contributed by atoms with Gasteiger partial charge in [-0.05, 0) is 25.7 Å². The molecule has 0 atom stereocenters. The molecule has 4 nitrogen and oxygen atoms in total. The van der Waals surface area contributed by atoms with Crippen molar-refractivity contribution in [2.45, 2.75) is 31.3 Å². The second kappa shape index (κ2) is 2.05. The van der Waals surface area contributed by atoms with Gasteiger partial charge in [-0.2, -0.15) is 4.99 Å². The number of aliphatic imine (C=N–C) groups is 1. The maximum atomic E-state index is 11.7. The SMILES string of the molecule is NC1=NC(=O)C(C2CC2)(C2CC2)O1. The third kappa shape index (κ3) is 0.857. The smallest absolute Gasteiger partial charge is 0.295 e. The van der Waals surface area contributed by atoms with Gasteiger partial charge in [-0.25, -0.2) is 0 Å². The van der Waals surface area contributed by atoms with Gasteiger partial charge in [0.2, 0.25) is 0 Å². The Labute approximate surface area is 76.2 Å². The highest BCUT2D eigenvalue weighted by Gasteiger charge is 2.64. The molecule has 0 radical (unpaired) electrons. The average molecular weight is 180 g/mol. The molecule has 0 aromatic rings. The van der Waals surface area contributed by atoms with Gasteiger partial charge in [-0.1, -0.05) is 0 Å². The van der Waals surface area contributed by atoms with Crippen molar-refractivity contribution in [2.75, 3.05) is 0 Å². The van der Waals surface area contributed by atoms with Crippen LogP contribution in [0.15, 0.2) is 4.99 Å². The maximum absolute atomic E-state index is 11.7. The molecular weight excluding hydrogens is 168 g/mol. The number of nitrogens with zero attached hydrogens (tertiary/aromatic N) is 1. The molecule has 2 fully saturated rings. The third-order valence-corrected chi connectivity index (χ3v) is 3.19. The molecule has 2 aliphatic carbocycles. The van der Waals surface area contributed by atoms with Gasteiger partial charge < -0.3 is 10.5 Å². The quantitative estimate of drug-likeness (QED) is 0.669. The number of amidine groups is 1. The molecule has 70 valence electrons. The van der Waals surface area contributed by atoms with Crippen LogP contribution in [0.1, 0.15) is 25.7 Å². The van der Waals surface area contributed by atoms with Crippen LogP contribution in [-0.4, -0.2) is 17.5 Å². The molecule has 3 aliphatic rings. The van der Waals surface area contributed by atoms with Gasteiger partial charge in [0.15, 0.2) is 5.60 Å². The summed E-state index contributed by atoms with van der Waals surface area (Å²) >= 11 is 0. The van der Waals surface area contributed by atoms with Crippen LogP contribution in [0.25, 0.3) is 0 Å². The zero-order valence-electron chi connectivity index (χ0n) is 7.32. The minimum Gasteiger partial charge on any atom is -0.448 e. The first-order chi connectivity index (χ1) is 6.23. The number of hydrogen-bond donors (Lipinski definition) is 1. The number of carbonyl (C=O) groups excluding carboxylic acids is 1. The predicted octanol–water partition coefficient (Wildman–Crippen LogP) is 0.417. The topological polar surface area (TPSA) is 64.7 Å². The van der Waals surface area contributed by atoms with Crippen molar-refractivity contribution in [1.29, 1.82) is 0 Å². The third-order valence-electron chi connectivity index (χ3n) is 3.19. The van der Waals surface area contributed by atoms with Gasteiger partial charge >= 0.3 is 0 Å². The first-order valence-electron chi connectivity index (χ1n) is 4.81. The van der Waals surface area contributed by atoms with Crippen LogP contribution in [-0.2, 0) is 9.53 Å². The number of ether oxygens (including phenoxy) is 1. The summed E-state index contributed by atoms with van der Waals surface area (Å²) in [6.07, 6.45) is 4.35. The summed E-state index contributed by atoms with van der Waals surface area (Å²) in [4.78, 5) is 15.4. The van der Waals surface area contributed by atoms with E-state index in [1.807, 2.05) is 0 Å². The molecule has 1 amide bonds. The number of nitrogens with two attached hydrogens (primary N) is 1. The van der Waals surface area contributed by atoms with Crippen LogP contribution in [0.4, 0.5) is 0 Å². The van der Waals surface area contributed by atoms with Crippen molar-refractivity contribution in [2.24, 2.45) is 22.6 Å². The molecular formula is C9H12N2O2. The van der Waals surface area contributed by atoms with Gasteiger partial charge in [0.05, 0.1) is 0 Å². The van der Waals surface area contributed by atoms with Crippen molar-refractivity contribution in [3.63, 3.8) is 0 Å². The molecule has 1 heterocycles. The van der Waals surface area contributed by atoms with E-state index in [0.717, 1.165) is 25.7 Å². The Kier molecular flexibility index (Phi) is 1.16.